The molecule has 0 bridgehead atoms. The van der Waals surface area contributed by atoms with E-state index in [1.807, 2.05) is 66.7 Å². The monoisotopic (exact) mass is 515 g/mol. The number of para-hydroxylation sites is 2. The Morgan fingerprint density at radius 1 is 1.00 bits per heavy atom. The fourth-order valence-electron chi connectivity index (χ4n) is 4.77. The van der Waals surface area contributed by atoms with E-state index in [1.165, 1.54) is 0 Å². The highest BCUT2D eigenvalue weighted by atomic mass is 16.3. The number of hydrogen-bond acceptors (Lipinski definition) is 6. The molecular formula is C30H37N5O3. The first-order valence-corrected chi connectivity index (χ1v) is 13.0. The van der Waals surface area contributed by atoms with Gasteiger partial charge in [-0.05, 0) is 38.3 Å². The van der Waals surface area contributed by atoms with Gasteiger partial charge >= 0.3 is 0 Å². The van der Waals surface area contributed by atoms with Gasteiger partial charge < -0.3 is 24.8 Å². The van der Waals surface area contributed by atoms with Gasteiger partial charge in [-0.25, -0.2) is 0 Å². The minimum absolute atomic E-state index is 0.107. The topological polar surface area (TPSA) is 89.8 Å². The number of aliphatic hydroxyl groups excluding tert-OH is 1. The lowest BCUT2D eigenvalue weighted by Gasteiger charge is -2.18. The second-order valence-electron chi connectivity index (χ2n) is 9.66. The van der Waals surface area contributed by atoms with Crippen LogP contribution in [0.1, 0.15) is 18.1 Å². The van der Waals surface area contributed by atoms with Gasteiger partial charge in [-0.15, -0.1) is 0 Å². The number of aliphatic hydroxyl groups is 1. The van der Waals surface area contributed by atoms with Crippen molar-refractivity contribution < 1.29 is 14.7 Å². The largest absolute Gasteiger partial charge is 0.395 e. The van der Waals surface area contributed by atoms with E-state index in [1.54, 1.807) is 0 Å². The Balaban J connectivity index is 1.73. The van der Waals surface area contributed by atoms with Crippen LogP contribution in [0, 0.1) is 0 Å². The zero-order chi connectivity index (χ0) is 27.2. The number of nitrogens with zero attached hydrogens (tertiary/aromatic N) is 3. The molecule has 3 aromatic rings. The first-order valence-electron chi connectivity index (χ1n) is 13.0. The molecule has 1 aromatic heterocycles. The maximum absolute atomic E-state index is 13.2. The summed E-state index contributed by atoms with van der Waals surface area (Å²) in [7, 11) is 4.03. The molecule has 0 aliphatic carbocycles. The van der Waals surface area contributed by atoms with E-state index < -0.39 is 11.8 Å². The average molecular weight is 516 g/mol. The molecule has 1 aliphatic rings. The molecule has 2 heterocycles. The normalized spacial score (nSPS) is 13.7. The van der Waals surface area contributed by atoms with Crippen LogP contribution in [0.15, 0.2) is 66.9 Å². The Bertz CT molecular complexity index is 1370. The van der Waals surface area contributed by atoms with Crippen molar-refractivity contribution in [3.05, 3.63) is 78.0 Å². The van der Waals surface area contributed by atoms with Gasteiger partial charge in [0.1, 0.15) is 0 Å². The van der Waals surface area contributed by atoms with Gasteiger partial charge in [-0.1, -0.05) is 49.9 Å². The molecular weight excluding hydrogens is 478 g/mol. The minimum Gasteiger partial charge on any atom is -0.395 e. The Labute approximate surface area is 224 Å². The number of likely N-dealkylation sites (N-methyl/N-ethyl adjacent to an activating group) is 2. The number of aromatic nitrogens is 1. The van der Waals surface area contributed by atoms with Crippen molar-refractivity contribution in [2.75, 3.05) is 58.7 Å². The number of carbonyl (C=O) groups is 2. The van der Waals surface area contributed by atoms with Gasteiger partial charge in [-0.2, -0.15) is 0 Å². The summed E-state index contributed by atoms with van der Waals surface area (Å²) in [5, 5.41) is 16.0. The van der Waals surface area contributed by atoms with Crippen molar-refractivity contribution in [2.45, 2.75) is 13.5 Å². The average Bonchev–Trinajstić information content (AvgIpc) is 3.42. The SMILES string of the molecule is C=C(C1=C(c2cn(CCN(C)CC)c3ccccc23)C(=O)NC1=O)c1ccccc1NCCN(C)CCO. The van der Waals surface area contributed by atoms with E-state index in [9.17, 15) is 9.59 Å². The maximum Gasteiger partial charge on any atom is 0.259 e. The van der Waals surface area contributed by atoms with Crippen LogP contribution >= 0.6 is 0 Å². The third-order valence-electron chi connectivity index (χ3n) is 7.10. The van der Waals surface area contributed by atoms with E-state index in [2.05, 4.69) is 40.7 Å². The number of imide groups is 1. The lowest BCUT2D eigenvalue weighted by atomic mass is 9.92. The summed E-state index contributed by atoms with van der Waals surface area (Å²) < 4.78 is 2.15. The number of rotatable bonds is 13. The van der Waals surface area contributed by atoms with Gasteiger partial charge in [-0.3, -0.25) is 14.9 Å². The van der Waals surface area contributed by atoms with E-state index in [4.69, 9.17) is 5.11 Å². The second-order valence-corrected chi connectivity index (χ2v) is 9.66. The third kappa shape index (κ3) is 5.72. The Hall–Kier alpha value is -3.72. The quantitative estimate of drug-likeness (QED) is 0.303. The molecule has 0 radical (unpaired) electrons. The summed E-state index contributed by atoms with van der Waals surface area (Å²) in [5.74, 6) is -0.842. The number of benzene rings is 2. The molecule has 0 fully saturated rings. The number of carbonyl (C=O) groups excluding carboxylic acids is 2. The van der Waals surface area contributed by atoms with Crippen molar-refractivity contribution in [1.82, 2.24) is 19.7 Å². The van der Waals surface area contributed by atoms with Crippen molar-refractivity contribution >= 4 is 39.6 Å². The number of nitrogens with one attached hydrogen (secondary N) is 2. The van der Waals surface area contributed by atoms with Crippen LogP contribution in [-0.4, -0.2) is 84.7 Å². The summed E-state index contributed by atoms with van der Waals surface area (Å²) in [6.45, 7) is 11.1. The standard InChI is InChI=1S/C30H37N5O3/c1-5-33(3)16-17-35-20-24(23-11-7-9-13-26(23)35)28-27(29(37)32-30(28)38)21(2)22-10-6-8-12-25(22)31-14-15-34(4)18-19-36/h6-13,20,31,36H,2,5,14-19H2,1,3-4H3,(H,32,37,38). The summed E-state index contributed by atoms with van der Waals surface area (Å²) in [4.78, 5) is 30.6. The molecule has 2 amide bonds. The van der Waals surface area contributed by atoms with Crippen LogP contribution < -0.4 is 10.6 Å². The predicted octanol–water partition coefficient (Wildman–Crippen LogP) is 3.05. The molecule has 8 heteroatoms. The zero-order valence-corrected chi connectivity index (χ0v) is 22.5. The minimum atomic E-state index is -0.435. The van der Waals surface area contributed by atoms with Crippen molar-refractivity contribution in [2.24, 2.45) is 0 Å². The number of amides is 2. The van der Waals surface area contributed by atoms with Crippen LogP contribution in [0.2, 0.25) is 0 Å². The lowest BCUT2D eigenvalue weighted by Crippen LogP contribution is -2.28. The van der Waals surface area contributed by atoms with Crippen LogP contribution in [0.5, 0.6) is 0 Å². The molecule has 0 unspecified atom stereocenters. The molecule has 8 nitrogen and oxygen atoms in total. The van der Waals surface area contributed by atoms with E-state index in [0.29, 0.717) is 29.8 Å². The molecule has 0 atom stereocenters. The number of fused-ring (bicyclic) bond motifs is 1. The summed E-state index contributed by atoms with van der Waals surface area (Å²) in [6, 6.07) is 15.6. The molecule has 2 aromatic carbocycles. The van der Waals surface area contributed by atoms with Crippen LogP contribution in [0.25, 0.3) is 22.0 Å². The van der Waals surface area contributed by atoms with Crippen LogP contribution in [-0.2, 0) is 16.1 Å². The predicted molar refractivity (Wildman–Crippen MR) is 154 cm³/mol. The molecule has 3 N–H and O–H groups in total. The highest BCUT2D eigenvalue weighted by molar-refractivity contribution is 6.41. The first-order chi connectivity index (χ1) is 18.3. The van der Waals surface area contributed by atoms with Crippen LogP contribution in [0.3, 0.4) is 0 Å². The maximum atomic E-state index is 13.2. The second kappa shape index (κ2) is 12.2. The Morgan fingerprint density at radius 2 is 1.74 bits per heavy atom. The van der Waals surface area contributed by atoms with Crippen molar-refractivity contribution in [3.8, 4) is 0 Å². The summed E-state index contributed by atoms with van der Waals surface area (Å²) in [6.07, 6.45) is 1.98. The highest BCUT2D eigenvalue weighted by Gasteiger charge is 2.35. The molecule has 0 spiro atoms. The zero-order valence-electron chi connectivity index (χ0n) is 22.5. The highest BCUT2D eigenvalue weighted by Crippen LogP contribution is 2.38. The molecule has 0 saturated carbocycles. The molecule has 0 saturated heterocycles. The van der Waals surface area contributed by atoms with E-state index >= 15 is 0 Å². The molecule has 4 rings (SSSR count). The van der Waals surface area contributed by atoms with E-state index in [0.717, 1.165) is 53.9 Å². The smallest absolute Gasteiger partial charge is 0.259 e. The lowest BCUT2D eigenvalue weighted by molar-refractivity contribution is -0.123. The summed E-state index contributed by atoms with van der Waals surface area (Å²) >= 11 is 0. The van der Waals surface area contributed by atoms with Crippen LogP contribution in [0.4, 0.5) is 5.69 Å². The first kappa shape index (κ1) is 27.3. The summed E-state index contributed by atoms with van der Waals surface area (Å²) in [5.41, 5.74) is 4.51. The van der Waals surface area contributed by atoms with Crippen molar-refractivity contribution in [3.63, 3.8) is 0 Å². The van der Waals surface area contributed by atoms with Gasteiger partial charge in [0.15, 0.2) is 0 Å². The van der Waals surface area contributed by atoms with Gasteiger partial charge in [0.25, 0.3) is 11.8 Å². The number of anilines is 1. The van der Waals surface area contributed by atoms with Crippen molar-refractivity contribution in [1.29, 1.82) is 0 Å². The fraction of sp³-hybridized carbons (Fsp3) is 0.333. The molecule has 38 heavy (non-hydrogen) atoms. The number of hydrogen-bond donors (Lipinski definition) is 3. The van der Waals surface area contributed by atoms with Gasteiger partial charge in [0, 0.05) is 66.6 Å². The fourth-order valence-corrected chi connectivity index (χ4v) is 4.77. The molecule has 200 valence electrons. The van der Waals surface area contributed by atoms with Gasteiger partial charge in [0.05, 0.1) is 17.8 Å². The van der Waals surface area contributed by atoms with Gasteiger partial charge in [0.2, 0.25) is 0 Å². The Kier molecular flexibility index (Phi) is 8.78. The Morgan fingerprint density at radius 3 is 2.50 bits per heavy atom. The third-order valence-corrected chi connectivity index (χ3v) is 7.10. The molecule has 1 aliphatic heterocycles. The van der Waals surface area contributed by atoms with E-state index in [-0.39, 0.29) is 6.61 Å².